The third kappa shape index (κ3) is 12.4. The Morgan fingerprint density at radius 1 is 0.667 bits per heavy atom. The molecular weight excluding hydrogens is 224 g/mol. The Morgan fingerprint density at radius 3 is 1.22 bits per heavy atom. The predicted octanol–water partition coefficient (Wildman–Crippen LogP) is 4.67. The van der Waals surface area contributed by atoms with Gasteiger partial charge in [0.2, 0.25) is 0 Å². The first kappa shape index (κ1) is 17.9. The van der Waals surface area contributed by atoms with Gasteiger partial charge in [0, 0.05) is 5.92 Å². The molecule has 0 saturated heterocycles. The molecule has 0 saturated carbocycles. The van der Waals surface area contributed by atoms with Crippen LogP contribution in [0.5, 0.6) is 0 Å². The maximum atomic E-state index is 5.92. The zero-order valence-electron chi connectivity index (χ0n) is 14.0. The normalized spacial score (nSPS) is 14.3. The van der Waals surface area contributed by atoms with Gasteiger partial charge in [-0.3, -0.25) is 0 Å². The Balaban J connectivity index is 4.35. The zero-order chi connectivity index (χ0) is 14.6. The van der Waals surface area contributed by atoms with Crippen molar-refractivity contribution in [1.82, 2.24) is 0 Å². The first-order valence-corrected chi connectivity index (χ1v) is 7.06. The highest BCUT2D eigenvalue weighted by Crippen LogP contribution is 2.27. The van der Waals surface area contributed by atoms with E-state index in [0.29, 0.717) is 11.3 Å². The van der Waals surface area contributed by atoms with Gasteiger partial charge in [0.25, 0.3) is 0 Å². The van der Waals surface area contributed by atoms with E-state index in [1.165, 1.54) is 0 Å². The number of rotatable bonds is 5. The highest BCUT2D eigenvalue weighted by atomic mass is 16.5. The summed E-state index contributed by atoms with van der Waals surface area (Å²) in [5.74, 6) is 0.462. The Morgan fingerprint density at radius 2 is 1.00 bits per heavy atom. The fourth-order valence-electron chi connectivity index (χ4n) is 1.77. The van der Waals surface area contributed by atoms with Gasteiger partial charge in [-0.2, -0.15) is 0 Å². The Kier molecular flexibility index (Phi) is 6.35. The van der Waals surface area contributed by atoms with Crippen molar-refractivity contribution in [3.05, 3.63) is 0 Å². The van der Waals surface area contributed by atoms with Crippen molar-refractivity contribution in [1.29, 1.82) is 0 Å². The van der Waals surface area contributed by atoms with Crippen LogP contribution in [0.4, 0.5) is 0 Å². The van der Waals surface area contributed by atoms with Crippen LogP contribution in [0.3, 0.4) is 0 Å². The minimum atomic E-state index is -0.0716. The van der Waals surface area contributed by atoms with E-state index in [0.717, 1.165) is 19.6 Å². The van der Waals surface area contributed by atoms with Crippen molar-refractivity contribution in [2.75, 3.05) is 13.2 Å². The maximum absolute atomic E-state index is 5.92. The summed E-state index contributed by atoms with van der Waals surface area (Å²) in [5.41, 5.74) is 0.170. The van der Waals surface area contributed by atoms with Gasteiger partial charge in [-0.15, -0.1) is 0 Å². The average molecular weight is 258 g/mol. The predicted molar refractivity (Wildman–Crippen MR) is 79.0 cm³/mol. The minimum Gasteiger partial charge on any atom is -0.375 e. The van der Waals surface area contributed by atoms with Crippen molar-refractivity contribution in [2.24, 2.45) is 11.3 Å². The molecule has 0 aromatic carbocycles. The molecule has 0 aromatic heterocycles. The molecule has 0 N–H and O–H groups in total. The molecule has 0 atom stereocenters. The van der Waals surface area contributed by atoms with E-state index < -0.39 is 0 Å². The van der Waals surface area contributed by atoms with Gasteiger partial charge >= 0.3 is 0 Å². The van der Waals surface area contributed by atoms with Crippen molar-refractivity contribution >= 4 is 0 Å². The minimum absolute atomic E-state index is 0.0716. The summed E-state index contributed by atoms with van der Waals surface area (Å²) in [6.07, 6.45) is 1.12. The Hall–Kier alpha value is -0.0800. The summed E-state index contributed by atoms with van der Waals surface area (Å²) in [6.45, 7) is 21.0. The lowest BCUT2D eigenvalue weighted by molar-refractivity contribution is -0.0744. The van der Waals surface area contributed by atoms with Crippen molar-refractivity contribution < 1.29 is 9.47 Å². The van der Waals surface area contributed by atoms with E-state index in [-0.39, 0.29) is 11.2 Å². The number of hydrogen-bond acceptors (Lipinski definition) is 2. The molecule has 0 aromatic rings. The molecule has 0 rings (SSSR count). The van der Waals surface area contributed by atoms with Gasteiger partial charge in [-0.25, -0.2) is 0 Å². The SMILES string of the molecule is CC(C)(C)CC(COC(C)(C)C)COC(C)(C)C. The molecule has 0 unspecified atom stereocenters. The number of ether oxygens (including phenoxy) is 2. The lowest BCUT2D eigenvalue weighted by Crippen LogP contribution is -2.31. The van der Waals surface area contributed by atoms with E-state index >= 15 is 0 Å². The summed E-state index contributed by atoms with van der Waals surface area (Å²) in [4.78, 5) is 0. The third-order valence-electron chi connectivity index (χ3n) is 2.41. The molecular formula is C16H34O2. The lowest BCUT2D eigenvalue weighted by Gasteiger charge is -2.31. The van der Waals surface area contributed by atoms with Gasteiger partial charge < -0.3 is 9.47 Å². The highest BCUT2D eigenvalue weighted by Gasteiger charge is 2.23. The monoisotopic (exact) mass is 258 g/mol. The van der Waals surface area contributed by atoms with Crippen LogP contribution in [0.2, 0.25) is 0 Å². The molecule has 0 amide bonds. The molecule has 0 fully saturated rings. The first-order valence-electron chi connectivity index (χ1n) is 7.06. The summed E-state index contributed by atoms with van der Waals surface area (Å²) < 4.78 is 11.8. The molecule has 0 heterocycles. The van der Waals surface area contributed by atoms with Crippen LogP contribution in [0.25, 0.3) is 0 Å². The van der Waals surface area contributed by atoms with Gasteiger partial charge in [0.15, 0.2) is 0 Å². The van der Waals surface area contributed by atoms with Crippen LogP contribution in [0.15, 0.2) is 0 Å². The zero-order valence-corrected chi connectivity index (χ0v) is 14.0. The summed E-state index contributed by atoms with van der Waals surface area (Å²) in [6, 6.07) is 0. The Bertz CT molecular complexity index is 207. The molecule has 0 bridgehead atoms. The van der Waals surface area contributed by atoms with E-state index in [1.807, 2.05) is 0 Å². The summed E-state index contributed by atoms with van der Waals surface area (Å²) in [7, 11) is 0. The second kappa shape index (κ2) is 6.38. The average Bonchev–Trinajstić information content (AvgIpc) is 2.05. The van der Waals surface area contributed by atoms with E-state index in [4.69, 9.17) is 9.47 Å². The second-order valence-corrected chi connectivity index (χ2v) is 8.48. The van der Waals surface area contributed by atoms with Crippen LogP contribution in [0.1, 0.15) is 68.7 Å². The van der Waals surface area contributed by atoms with E-state index in [9.17, 15) is 0 Å². The van der Waals surface area contributed by atoms with Crippen LogP contribution in [-0.4, -0.2) is 24.4 Å². The fraction of sp³-hybridized carbons (Fsp3) is 1.00. The highest BCUT2D eigenvalue weighted by molar-refractivity contribution is 4.72. The van der Waals surface area contributed by atoms with Crippen LogP contribution in [0, 0.1) is 11.3 Å². The largest absolute Gasteiger partial charge is 0.375 e. The topological polar surface area (TPSA) is 18.5 Å². The molecule has 0 spiro atoms. The van der Waals surface area contributed by atoms with Crippen molar-refractivity contribution in [3.8, 4) is 0 Å². The molecule has 0 radical (unpaired) electrons. The van der Waals surface area contributed by atoms with Gasteiger partial charge in [-0.05, 0) is 53.4 Å². The molecule has 2 nitrogen and oxygen atoms in total. The van der Waals surface area contributed by atoms with Crippen molar-refractivity contribution in [3.63, 3.8) is 0 Å². The fourth-order valence-corrected chi connectivity index (χ4v) is 1.77. The van der Waals surface area contributed by atoms with Crippen LogP contribution in [-0.2, 0) is 9.47 Å². The second-order valence-electron chi connectivity index (χ2n) is 8.48. The Labute approximate surface area is 114 Å². The lowest BCUT2D eigenvalue weighted by atomic mass is 9.85. The molecule has 0 aliphatic carbocycles. The third-order valence-corrected chi connectivity index (χ3v) is 2.41. The molecule has 0 aliphatic rings. The van der Waals surface area contributed by atoms with Gasteiger partial charge in [0.1, 0.15) is 0 Å². The van der Waals surface area contributed by atoms with E-state index in [1.54, 1.807) is 0 Å². The standard InChI is InChI=1S/C16H34O2/c1-14(2,3)10-13(11-17-15(4,5)6)12-18-16(7,8)9/h13H,10-12H2,1-9H3. The van der Waals surface area contributed by atoms with Crippen molar-refractivity contribution in [2.45, 2.75) is 79.9 Å². The number of hydrogen-bond donors (Lipinski definition) is 0. The maximum Gasteiger partial charge on any atom is 0.0598 e. The molecule has 0 aliphatic heterocycles. The van der Waals surface area contributed by atoms with Crippen LogP contribution >= 0.6 is 0 Å². The quantitative estimate of drug-likeness (QED) is 0.713. The van der Waals surface area contributed by atoms with Gasteiger partial charge in [0.05, 0.1) is 24.4 Å². The smallest absolute Gasteiger partial charge is 0.0598 e. The van der Waals surface area contributed by atoms with Gasteiger partial charge in [-0.1, -0.05) is 20.8 Å². The first-order chi connectivity index (χ1) is 7.79. The molecule has 2 heteroatoms. The summed E-state index contributed by atoms with van der Waals surface area (Å²) in [5, 5.41) is 0. The molecule has 18 heavy (non-hydrogen) atoms. The molecule has 110 valence electrons. The summed E-state index contributed by atoms with van der Waals surface area (Å²) >= 11 is 0. The van der Waals surface area contributed by atoms with E-state index in [2.05, 4.69) is 62.3 Å². The van der Waals surface area contributed by atoms with Crippen LogP contribution < -0.4 is 0 Å².